The van der Waals surface area contributed by atoms with Crippen LogP contribution in [-0.4, -0.2) is 29.5 Å². The quantitative estimate of drug-likeness (QED) is 0.851. The molecule has 6 nitrogen and oxygen atoms in total. The summed E-state index contributed by atoms with van der Waals surface area (Å²) in [6, 6.07) is 5.64. The molecule has 0 saturated heterocycles. The van der Waals surface area contributed by atoms with E-state index in [2.05, 4.69) is 20.6 Å². The van der Waals surface area contributed by atoms with E-state index in [1.165, 1.54) is 0 Å². The van der Waals surface area contributed by atoms with Crippen LogP contribution in [-0.2, 0) is 11.3 Å². The van der Waals surface area contributed by atoms with E-state index in [4.69, 9.17) is 4.74 Å². The Labute approximate surface area is 129 Å². The fraction of sp³-hybridized carbons (Fsp3) is 0.312. The summed E-state index contributed by atoms with van der Waals surface area (Å²) in [4.78, 5) is 20.2. The van der Waals surface area contributed by atoms with Gasteiger partial charge in [-0.1, -0.05) is 0 Å². The predicted molar refractivity (Wildman–Crippen MR) is 84.8 cm³/mol. The van der Waals surface area contributed by atoms with Crippen LogP contribution in [0.3, 0.4) is 0 Å². The standard InChI is InChI=1S/C16H20N4O2/c1-11-7-12(2)20-16(22-3)14(11)9-19-15(21)10-18-13-5-4-6-17-8-13/h4-8,18H,9-10H2,1-3H3,(H,19,21). The molecule has 0 spiro atoms. The minimum absolute atomic E-state index is 0.106. The molecule has 0 aliphatic rings. The number of nitrogens with one attached hydrogen (secondary N) is 2. The second-order valence-corrected chi connectivity index (χ2v) is 4.94. The molecular weight excluding hydrogens is 280 g/mol. The summed E-state index contributed by atoms with van der Waals surface area (Å²) < 4.78 is 5.28. The van der Waals surface area contributed by atoms with Crippen LogP contribution in [0.5, 0.6) is 5.88 Å². The molecule has 0 saturated carbocycles. The molecule has 2 heterocycles. The van der Waals surface area contributed by atoms with Crippen LogP contribution in [0.15, 0.2) is 30.6 Å². The smallest absolute Gasteiger partial charge is 0.239 e. The molecule has 22 heavy (non-hydrogen) atoms. The summed E-state index contributed by atoms with van der Waals surface area (Å²) in [5.74, 6) is 0.448. The van der Waals surface area contributed by atoms with E-state index in [0.29, 0.717) is 12.4 Å². The number of nitrogens with zero attached hydrogens (tertiary/aromatic N) is 2. The van der Waals surface area contributed by atoms with E-state index in [0.717, 1.165) is 22.5 Å². The average Bonchev–Trinajstić information content (AvgIpc) is 2.52. The molecule has 0 aliphatic heterocycles. The van der Waals surface area contributed by atoms with Crippen molar-refractivity contribution in [3.8, 4) is 5.88 Å². The van der Waals surface area contributed by atoms with Gasteiger partial charge in [-0.25, -0.2) is 4.98 Å². The van der Waals surface area contributed by atoms with Crippen molar-refractivity contribution in [3.63, 3.8) is 0 Å². The number of aromatic nitrogens is 2. The van der Waals surface area contributed by atoms with E-state index in [1.54, 1.807) is 19.5 Å². The zero-order valence-corrected chi connectivity index (χ0v) is 13.0. The van der Waals surface area contributed by atoms with Gasteiger partial charge in [-0.05, 0) is 37.6 Å². The van der Waals surface area contributed by atoms with Gasteiger partial charge in [-0.15, -0.1) is 0 Å². The van der Waals surface area contributed by atoms with Crippen molar-refractivity contribution in [1.82, 2.24) is 15.3 Å². The Kier molecular flexibility index (Phi) is 5.30. The third kappa shape index (κ3) is 4.18. The van der Waals surface area contributed by atoms with Gasteiger partial charge >= 0.3 is 0 Å². The van der Waals surface area contributed by atoms with Crippen molar-refractivity contribution >= 4 is 11.6 Å². The van der Waals surface area contributed by atoms with Gasteiger partial charge in [0.2, 0.25) is 11.8 Å². The Morgan fingerprint density at radius 3 is 2.86 bits per heavy atom. The number of hydrogen-bond acceptors (Lipinski definition) is 5. The van der Waals surface area contributed by atoms with Gasteiger partial charge in [0.15, 0.2) is 0 Å². The number of rotatable bonds is 6. The number of amides is 1. The first-order valence-corrected chi connectivity index (χ1v) is 7.02. The molecule has 2 aromatic rings. The summed E-state index contributed by atoms with van der Waals surface area (Å²) in [5, 5.41) is 5.87. The Bertz CT molecular complexity index is 644. The molecule has 0 aromatic carbocycles. The minimum Gasteiger partial charge on any atom is -0.481 e. The number of methoxy groups -OCH3 is 1. The lowest BCUT2D eigenvalue weighted by atomic mass is 10.1. The van der Waals surface area contributed by atoms with E-state index >= 15 is 0 Å². The molecule has 2 N–H and O–H groups in total. The van der Waals surface area contributed by atoms with Crippen LogP contribution in [0.25, 0.3) is 0 Å². The Balaban J connectivity index is 1.91. The van der Waals surface area contributed by atoms with Crippen LogP contribution in [0.4, 0.5) is 5.69 Å². The van der Waals surface area contributed by atoms with Crippen LogP contribution in [0.1, 0.15) is 16.8 Å². The molecule has 0 unspecified atom stereocenters. The highest BCUT2D eigenvalue weighted by Crippen LogP contribution is 2.20. The van der Waals surface area contributed by atoms with Gasteiger partial charge in [0.25, 0.3) is 0 Å². The minimum atomic E-state index is -0.106. The summed E-state index contributed by atoms with van der Waals surface area (Å²) in [6.45, 7) is 4.46. The van der Waals surface area contributed by atoms with Gasteiger partial charge in [0.1, 0.15) is 0 Å². The van der Waals surface area contributed by atoms with E-state index in [9.17, 15) is 4.79 Å². The molecule has 0 aliphatic carbocycles. The van der Waals surface area contributed by atoms with Crippen LogP contribution < -0.4 is 15.4 Å². The first kappa shape index (κ1) is 15.8. The second kappa shape index (κ2) is 7.40. The number of anilines is 1. The molecule has 1 amide bonds. The van der Waals surface area contributed by atoms with Crippen molar-refractivity contribution in [2.45, 2.75) is 20.4 Å². The number of hydrogen-bond donors (Lipinski definition) is 2. The average molecular weight is 300 g/mol. The van der Waals surface area contributed by atoms with Crippen LogP contribution in [0.2, 0.25) is 0 Å². The number of carbonyl (C=O) groups excluding carboxylic acids is 1. The summed E-state index contributed by atoms with van der Waals surface area (Å²) in [5.41, 5.74) is 3.64. The van der Waals surface area contributed by atoms with Gasteiger partial charge in [-0.2, -0.15) is 0 Å². The summed E-state index contributed by atoms with van der Waals surface area (Å²) in [7, 11) is 1.58. The maximum absolute atomic E-state index is 11.9. The summed E-state index contributed by atoms with van der Waals surface area (Å²) >= 11 is 0. The first-order chi connectivity index (χ1) is 10.6. The van der Waals surface area contributed by atoms with Crippen molar-refractivity contribution in [2.24, 2.45) is 0 Å². The highest BCUT2D eigenvalue weighted by atomic mass is 16.5. The molecule has 116 valence electrons. The molecule has 0 radical (unpaired) electrons. The number of ether oxygens (including phenoxy) is 1. The van der Waals surface area contributed by atoms with Gasteiger partial charge in [0, 0.05) is 30.2 Å². The summed E-state index contributed by atoms with van der Waals surface area (Å²) in [6.07, 6.45) is 3.36. The fourth-order valence-corrected chi connectivity index (χ4v) is 2.11. The van der Waals surface area contributed by atoms with E-state index in [1.807, 2.05) is 32.0 Å². The predicted octanol–water partition coefficient (Wildman–Crippen LogP) is 1.83. The van der Waals surface area contributed by atoms with Gasteiger partial charge < -0.3 is 15.4 Å². The van der Waals surface area contributed by atoms with E-state index < -0.39 is 0 Å². The normalized spacial score (nSPS) is 10.1. The first-order valence-electron chi connectivity index (χ1n) is 7.02. The molecule has 2 rings (SSSR count). The van der Waals surface area contributed by atoms with E-state index in [-0.39, 0.29) is 12.5 Å². The van der Waals surface area contributed by atoms with Crippen molar-refractivity contribution < 1.29 is 9.53 Å². The Morgan fingerprint density at radius 2 is 2.18 bits per heavy atom. The lowest BCUT2D eigenvalue weighted by Crippen LogP contribution is -2.29. The van der Waals surface area contributed by atoms with Crippen molar-refractivity contribution in [1.29, 1.82) is 0 Å². The number of pyridine rings is 2. The van der Waals surface area contributed by atoms with Crippen molar-refractivity contribution in [3.05, 3.63) is 47.4 Å². The third-order valence-electron chi connectivity index (χ3n) is 3.21. The number of carbonyl (C=O) groups is 1. The number of aryl methyl sites for hydroxylation is 2. The largest absolute Gasteiger partial charge is 0.481 e. The maximum Gasteiger partial charge on any atom is 0.239 e. The molecule has 2 aromatic heterocycles. The molecule has 0 atom stereocenters. The monoisotopic (exact) mass is 300 g/mol. The Hall–Kier alpha value is -2.63. The zero-order chi connectivity index (χ0) is 15.9. The van der Waals surface area contributed by atoms with Crippen LogP contribution in [0, 0.1) is 13.8 Å². The van der Waals surface area contributed by atoms with Gasteiger partial charge in [0.05, 0.1) is 19.3 Å². The molecule has 6 heteroatoms. The Morgan fingerprint density at radius 1 is 1.36 bits per heavy atom. The highest BCUT2D eigenvalue weighted by molar-refractivity contribution is 5.80. The van der Waals surface area contributed by atoms with Crippen molar-refractivity contribution in [2.75, 3.05) is 19.0 Å². The lowest BCUT2D eigenvalue weighted by molar-refractivity contribution is -0.119. The molecular formula is C16H20N4O2. The molecule has 0 bridgehead atoms. The molecule has 0 fully saturated rings. The lowest BCUT2D eigenvalue weighted by Gasteiger charge is -2.13. The van der Waals surface area contributed by atoms with Crippen LogP contribution >= 0.6 is 0 Å². The second-order valence-electron chi connectivity index (χ2n) is 4.94. The third-order valence-corrected chi connectivity index (χ3v) is 3.21. The fourth-order valence-electron chi connectivity index (χ4n) is 2.11. The zero-order valence-electron chi connectivity index (χ0n) is 13.0. The SMILES string of the molecule is COc1nc(C)cc(C)c1CNC(=O)CNc1cccnc1. The highest BCUT2D eigenvalue weighted by Gasteiger charge is 2.10. The maximum atomic E-state index is 11.9. The topological polar surface area (TPSA) is 76.1 Å². The van der Waals surface area contributed by atoms with Gasteiger partial charge in [-0.3, -0.25) is 9.78 Å².